The highest BCUT2D eigenvalue weighted by atomic mass is 35.5. The van der Waals surface area contributed by atoms with Gasteiger partial charge in [-0.15, -0.1) is 0 Å². The number of anilines is 1. The number of benzene rings is 3. The number of nitrogens with zero attached hydrogens (tertiary/aromatic N) is 1. The van der Waals surface area contributed by atoms with Crippen molar-refractivity contribution < 1.29 is 14.7 Å². The van der Waals surface area contributed by atoms with Crippen LogP contribution in [0.15, 0.2) is 77.9 Å². The minimum atomic E-state index is -0.450. The molecule has 3 aromatic rings. The van der Waals surface area contributed by atoms with Gasteiger partial charge in [0.1, 0.15) is 5.75 Å². The van der Waals surface area contributed by atoms with E-state index in [1.165, 1.54) is 12.3 Å². The molecule has 0 aromatic heterocycles. The van der Waals surface area contributed by atoms with Gasteiger partial charge in [0.2, 0.25) is 0 Å². The first kappa shape index (κ1) is 19.1. The summed E-state index contributed by atoms with van der Waals surface area (Å²) < 4.78 is 0. The Kier molecular flexibility index (Phi) is 6.04. The van der Waals surface area contributed by atoms with Crippen LogP contribution in [-0.2, 0) is 0 Å². The molecular weight excluding hydrogens is 378 g/mol. The van der Waals surface area contributed by atoms with Crippen LogP contribution in [0.25, 0.3) is 0 Å². The van der Waals surface area contributed by atoms with Crippen LogP contribution in [0.5, 0.6) is 5.75 Å². The van der Waals surface area contributed by atoms with E-state index in [-0.39, 0.29) is 11.7 Å². The van der Waals surface area contributed by atoms with Crippen LogP contribution in [0.1, 0.15) is 26.3 Å². The quantitative estimate of drug-likeness (QED) is 0.451. The van der Waals surface area contributed by atoms with Crippen LogP contribution < -0.4 is 10.7 Å². The summed E-state index contributed by atoms with van der Waals surface area (Å²) in [4.78, 5) is 24.5. The molecule has 0 atom stereocenters. The number of hydrogen-bond acceptors (Lipinski definition) is 4. The van der Waals surface area contributed by atoms with E-state index in [4.69, 9.17) is 11.6 Å². The molecule has 2 amide bonds. The Hall–Kier alpha value is -3.64. The monoisotopic (exact) mass is 393 g/mol. The third-order valence-electron chi connectivity index (χ3n) is 3.80. The molecule has 140 valence electrons. The number of carbonyl (C=O) groups is 2. The smallest absolute Gasteiger partial charge is 0.271 e. The number of amides is 2. The molecule has 6 nitrogen and oxygen atoms in total. The molecule has 0 unspecified atom stereocenters. The Labute approximate surface area is 166 Å². The van der Waals surface area contributed by atoms with Gasteiger partial charge in [-0.25, -0.2) is 5.43 Å². The molecule has 0 aliphatic carbocycles. The summed E-state index contributed by atoms with van der Waals surface area (Å²) in [6.07, 6.45) is 1.35. The molecule has 0 radical (unpaired) electrons. The van der Waals surface area contributed by atoms with Gasteiger partial charge in [0.15, 0.2) is 0 Å². The van der Waals surface area contributed by atoms with Gasteiger partial charge in [-0.1, -0.05) is 29.8 Å². The zero-order chi connectivity index (χ0) is 19.9. The number of hydrogen-bond donors (Lipinski definition) is 3. The molecule has 0 aliphatic rings. The number of para-hydroxylation sites is 1. The highest BCUT2D eigenvalue weighted by Crippen LogP contribution is 2.15. The number of rotatable bonds is 5. The summed E-state index contributed by atoms with van der Waals surface area (Å²) in [6.45, 7) is 0. The van der Waals surface area contributed by atoms with Crippen LogP contribution in [0, 0.1) is 0 Å². The maximum atomic E-state index is 12.3. The SMILES string of the molecule is O=C(NN=Cc1ccccc1O)c1cccc(NC(=O)c2ccc(Cl)cc2)c1. The van der Waals surface area contributed by atoms with Crippen molar-refractivity contribution in [2.75, 3.05) is 5.32 Å². The first-order valence-corrected chi connectivity index (χ1v) is 8.69. The van der Waals surface area contributed by atoms with Crippen LogP contribution in [0.3, 0.4) is 0 Å². The Morgan fingerprint density at radius 2 is 1.64 bits per heavy atom. The maximum Gasteiger partial charge on any atom is 0.271 e. The van der Waals surface area contributed by atoms with E-state index in [0.717, 1.165) is 0 Å². The Balaban J connectivity index is 1.65. The highest BCUT2D eigenvalue weighted by molar-refractivity contribution is 6.30. The van der Waals surface area contributed by atoms with Crippen molar-refractivity contribution in [3.63, 3.8) is 0 Å². The normalized spacial score (nSPS) is 10.6. The molecule has 3 N–H and O–H groups in total. The van der Waals surface area contributed by atoms with Crippen molar-refractivity contribution in [3.05, 3.63) is 94.5 Å². The predicted octanol–water partition coefficient (Wildman–Crippen LogP) is 4.06. The van der Waals surface area contributed by atoms with Gasteiger partial charge in [0.25, 0.3) is 11.8 Å². The van der Waals surface area contributed by atoms with E-state index in [1.807, 2.05) is 0 Å². The lowest BCUT2D eigenvalue weighted by Crippen LogP contribution is -2.18. The van der Waals surface area contributed by atoms with Crippen LogP contribution >= 0.6 is 11.6 Å². The van der Waals surface area contributed by atoms with Gasteiger partial charge in [-0.05, 0) is 54.6 Å². The molecule has 0 heterocycles. The van der Waals surface area contributed by atoms with Gasteiger partial charge >= 0.3 is 0 Å². The van der Waals surface area contributed by atoms with Crippen molar-refractivity contribution in [2.45, 2.75) is 0 Å². The summed E-state index contributed by atoms with van der Waals surface area (Å²) in [5.74, 6) is -0.700. The van der Waals surface area contributed by atoms with Gasteiger partial charge in [-0.3, -0.25) is 9.59 Å². The molecule has 7 heteroatoms. The molecule has 0 aliphatic heterocycles. The highest BCUT2D eigenvalue weighted by Gasteiger charge is 2.09. The molecule has 0 saturated heterocycles. The van der Waals surface area contributed by atoms with Crippen LogP contribution in [-0.4, -0.2) is 23.1 Å². The lowest BCUT2D eigenvalue weighted by Gasteiger charge is -2.07. The van der Waals surface area contributed by atoms with E-state index in [1.54, 1.807) is 66.7 Å². The average Bonchev–Trinajstić information content (AvgIpc) is 2.70. The van der Waals surface area contributed by atoms with Crippen LogP contribution in [0.4, 0.5) is 5.69 Å². The predicted molar refractivity (Wildman–Crippen MR) is 109 cm³/mol. The van der Waals surface area contributed by atoms with Gasteiger partial charge in [-0.2, -0.15) is 5.10 Å². The fourth-order valence-corrected chi connectivity index (χ4v) is 2.49. The van der Waals surface area contributed by atoms with Crippen LogP contribution in [0.2, 0.25) is 5.02 Å². The zero-order valence-corrected chi connectivity index (χ0v) is 15.4. The number of aromatic hydroxyl groups is 1. The van der Waals surface area contributed by atoms with Gasteiger partial charge in [0.05, 0.1) is 6.21 Å². The second-order valence-corrected chi connectivity index (χ2v) is 6.24. The van der Waals surface area contributed by atoms with Crippen molar-refractivity contribution >= 4 is 35.3 Å². The topological polar surface area (TPSA) is 90.8 Å². The Morgan fingerprint density at radius 3 is 2.39 bits per heavy atom. The minimum Gasteiger partial charge on any atom is -0.507 e. The second kappa shape index (κ2) is 8.83. The summed E-state index contributed by atoms with van der Waals surface area (Å²) in [7, 11) is 0. The third kappa shape index (κ3) is 4.96. The number of phenolic OH excluding ortho intramolecular Hbond substituents is 1. The minimum absolute atomic E-state index is 0.0624. The molecule has 3 rings (SSSR count). The van der Waals surface area contributed by atoms with Crippen molar-refractivity contribution in [3.8, 4) is 5.75 Å². The van der Waals surface area contributed by atoms with E-state index in [2.05, 4.69) is 15.8 Å². The van der Waals surface area contributed by atoms with E-state index in [0.29, 0.717) is 27.4 Å². The lowest BCUT2D eigenvalue weighted by atomic mass is 10.1. The summed E-state index contributed by atoms with van der Waals surface area (Å²) in [6, 6.07) is 19.6. The molecule has 0 bridgehead atoms. The first-order valence-electron chi connectivity index (χ1n) is 8.31. The fraction of sp³-hybridized carbons (Fsp3) is 0. The number of halogens is 1. The summed E-state index contributed by atoms with van der Waals surface area (Å²) in [5, 5.41) is 16.8. The molecule has 0 spiro atoms. The molecular formula is C21H16ClN3O3. The Bertz CT molecular complexity index is 1030. The maximum absolute atomic E-state index is 12.3. The number of hydrazone groups is 1. The lowest BCUT2D eigenvalue weighted by molar-refractivity contribution is 0.0953. The second-order valence-electron chi connectivity index (χ2n) is 5.80. The number of nitrogens with one attached hydrogen (secondary N) is 2. The van der Waals surface area contributed by atoms with E-state index < -0.39 is 5.91 Å². The molecule has 0 saturated carbocycles. The summed E-state index contributed by atoms with van der Waals surface area (Å²) >= 11 is 5.82. The molecule has 0 fully saturated rings. The molecule has 3 aromatic carbocycles. The zero-order valence-electron chi connectivity index (χ0n) is 14.6. The van der Waals surface area contributed by atoms with Crippen molar-refractivity contribution in [2.24, 2.45) is 5.10 Å². The largest absolute Gasteiger partial charge is 0.507 e. The number of carbonyl (C=O) groups excluding carboxylic acids is 2. The average molecular weight is 394 g/mol. The number of phenols is 1. The Morgan fingerprint density at radius 1 is 0.893 bits per heavy atom. The van der Waals surface area contributed by atoms with Crippen molar-refractivity contribution in [1.82, 2.24) is 5.43 Å². The molecule has 28 heavy (non-hydrogen) atoms. The van der Waals surface area contributed by atoms with E-state index in [9.17, 15) is 14.7 Å². The fourth-order valence-electron chi connectivity index (χ4n) is 2.36. The third-order valence-corrected chi connectivity index (χ3v) is 4.05. The summed E-state index contributed by atoms with van der Waals surface area (Å²) in [5.41, 5.74) is 4.11. The van der Waals surface area contributed by atoms with Gasteiger partial charge < -0.3 is 10.4 Å². The van der Waals surface area contributed by atoms with Gasteiger partial charge in [0, 0.05) is 27.4 Å². The van der Waals surface area contributed by atoms with Crippen molar-refractivity contribution in [1.29, 1.82) is 0 Å². The van der Waals surface area contributed by atoms with E-state index >= 15 is 0 Å². The first-order chi connectivity index (χ1) is 13.5. The standard InChI is InChI=1S/C21H16ClN3O3/c22-17-10-8-14(9-11-17)20(27)24-18-6-3-5-15(12-18)21(28)25-23-13-16-4-1-2-7-19(16)26/h1-13,26H,(H,24,27)(H,25,28).